The summed E-state index contributed by atoms with van der Waals surface area (Å²) in [6, 6.07) is 0. The van der Waals surface area contributed by atoms with E-state index in [1.54, 1.807) is 0 Å². The molecule has 0 aliphatic heterocycles. The molecule has 0 aromatic heterocycles. The van der Waals surface area contributed by atoms with E-state index in [9.17, 15) is 0 Å². The van der Waals surface area contributed by atoms with Gasteiger partial charge < -0.3 is 10.1 Å². The van der Waals surface area contributed by atoms with Gasteiger partial charge >= 0.3 is 0 Å². The van der Waals surface area contributed by atoms with Crippen molar-refractivity contribution in [1.29, 1.82) is 0 Å². The zero-order valence-corrected chi connectivity index (χ0v) is 18.9. The van der Waals surface area contributed by atoms with Crippen molar-refractivity contribution in [1.82, 2.24) is 5.32 Å². The number of rotatable bonds is 8. The fourth-order valence-corrected chi connectivity index (χ4v) is 2.07. The van der Waals surface area contributed by atoms with Gasteiger partial charge in [0.2, 0.25) is 0 Å². The van der Waals surface area contributed by atoms with Crippen LogP contribution in [0.3, 0.4) is 0 Å². The third kappa shape index (κ3) is 29.9. The molecule has 24 heavy (non-hydrogen) atoms. The fraction of sp³-hybridized carbons (Fsp3) is 1.00. The van der Waals surface area contributed by atoms with Gasteiger partial charge in [0.25, 0.3) is 0 Å². The minimum absolute atomic E-state index is 0.210. The van der Waals surface area contributed by atoms with Crippen LogP contribution in [0.5, 0.6) is 0 Å². The molecule has 0 unspecified atom stereocenters. The van der Waals surface area contributed by atoms with Crippen molar-refractivity contribution in [2.75, 3.05) is 19.8 Å². The van der Waals surface area contributed by atoms with Gasteiger partial charge in [-0.15, -0.1) is 0 Å². The smallest absolute Gasteiger partial charge is 0.0591 e. The van der Waals surface area contributed by atoms with Crippen LogP contribution in [-0.4, -0.2) is 25.3 Å². The Balaban J connectivity index is 0. The first-order valence-electron chi connectivity index (χ1n) is 9.95. The highest BCUT2D eigenvalue weighted by atomic mass is 16.5. The maximum absolute atomic E-state index is 5.48. The SMILES string of the molecule is CC(C)(C)CCCC(C)(C)C.CC(C)CCOCCNC(C)(C)C. The second kappa shape index (κ2) is 12.3. The van der Waals surface area contributed by atoms with E-state index in [0.717, 1.165) is 32.1 Å². The molecule has 0 atom stereocenters. The summed E-state index contributed by atoms with van der Waals surface area (Å²) >= 11 is 0. The first-order valence-corrected chi connectivity index (χ1v) is 9.95. The van der Waals surface area contributed by atoms with Gasteiger partial charge in [0, 0.05) is 18.7 Å². The van der Waals surface area contributed by atoms with E-state index in [1.165, 1.54) is 19.3 Å². The van der Waals surface area contributed by atoms with Crippen LogP contribution in [0.25, 0.3) is 0 Å². The first kappa shape index (κ1) is 26.2. The lowest BCUT2D eigenvalue weighted by molar-refractivity contribution is 0.121. The van der Waals surface area contributed by atoms with E-state index < -0.39 is 0 Å². The van der Waals surface area contributed by atoms with Crippen LogP contribution >= 0.6 is 0 Å². The summed E-state index contributed by atoms with van der Waals surface area (Å²) in [4.78, 5) is 0. The van der Waals surface area contributed by atoms with Gasteiger partial charge in [-0.3, -0.25) is 0 Å². The van der Waals surface area contributed by atoms with Gasteiger partial charge in [-0.1, -0.05) is 61.8 Å². The molecule has 0 aliphatic rings. The summed E-state index contributed by atoms with van der Waals surface area (Å²) in [6.45, 7) is 27.5. The van der Waals surface area contributed by atoms with E-state index in [-0.39, 0.29) is 5.54 Å². The summed E-state index contributed by atoms with van der Waals surface area (Å²) in [5.74, 6) is 0.746. The van der Waals surface area contributed by atoms with Crippen LogP contribution in [0.4, 0.5) is 0 Å². The quantitative estimate of drug-likeness (QED) is 0.496. The molecule has 0 saturated carbocycles. The van der Waals surface area contributed by atoms with E-state index in [1.807, 2.05) is 0 Å². The number of ether oxygens (including phenoxy) is 1. The molecule has 0 aromatic carbocycles. The molecular formula is C22H49NO. The lowest BCUT2D eigenvalue weighted by Crippen LogP contribution is -2.38. The van der Waals surface area contributed by atoms with Gasteiger partial charge in [-0.2, -0.15) is 0 Å². The average molecular weight is 344 g/mol. The summed E-state index contributed by atoms with van der Waals surface area (Å²) in [7, 11) is 0. The van der Waals surface area contributed by atoms with Crippen molar-refractivity contribution < 1.29 is 4.74 Å². The highest BCUT2D eigenvalue weighted by Gasteiger charge is 2.14. The number of hydrogen-bond acceptors (Lipinski definition) is 2. The molecule has 2 heteroatoms. The van der Waals surface area contributed by atoms with E-state index >= 15 is 0 Å². The van der Waals surface area contributed by atoms with Crippen LogP contribution in [-0.2, 0) is 4.74 Å². The monoisotopic (exact) mass is 343 g/mol. The maximum Gasteiger partial charge on any atom is 0.0591 e. The van der Waals surface area contributed by atoms with Crippen LogP contribution in [0, 0.1) is 16.7 Å². The Kier molecular flexibility index (Phi) is 13.4. The first-order chi connectivity index (χ1) is 10.6. The van der Waals surface area contributed by atoms with Crippen molar-refractivity contribution in [3.63, 3.8) is 0 Å². The summed E-state index contributed by atoms with van der Waals surface area (Å²) in [5, 5.41) is 3.38. The third-order valence-corrected chi connectivity index (χ3v) is 3.59. The van der Waals surface area contributed by atoms with Crippen molar-refractivity contribution in [2.24, 2.45) is 16.7 Å². The minimum Gasteiger partial charge on any atom is -0.380 e. The summed E-state index contributed by atoms with van der Waals surface area (Å²) in [6.07, 6.45) is 5.23. The van der Waals surface area contributed by atoms with Crippen LogP contribution < -0.4 is 5.32 Å². The fourth-order valence-electron chi connectivity index (χ4n) is 2.07. The molecule has 0 amide bonds. The van der Waals surface area contributed by atoms with Crippen LogP contribution in [0.2, 0.25) is 0 Å². The average Bonchev–Trinajstić information content (AvgIpc) is 2.29. The molecule has 0 bridgehead atoms. The normalized spacial score (nSPS) is 13.0. The van der Waals surface area contributed by atoms with Gasteiger partial charge in [0.1, 0.15) is 0 Å². The van der Waals surface area contributed by atoms with Gasteiger partial charge in [-0.25, -0.2) is 0 Å². The Morgan fingerprint density at radius 3 is 1.54 bits per heavy atom. The topological polar surface area (TPSA) is 21.3 Å². The predicted molar refractivity (Wildman–Crippen MR) is 111 cm³/mol. The molecule has 0 aliphatic carbocycles. The lowest BCUT2D eigenvalue weighted by atomic mass is 9.84. The molecule has 0 rings (SSSR count). The molecule has 0 saturated heterocycles. The summed E-state index contributed by atoms with van der Waals surface area (Å²) < 4.78 is 5.48. The number of hydrogen-bond donors (Lipinski definition) is 1. The van der Waals surface area contributed by atoms with Crippen LogP contribution in [0.1, 0.15) is 102 Å². The standard InChI is InChI=1S/C11H25NO.C11H24/c1-10(2)6-8-13-9-7-12-11(3,4)5;1-10(2,3)8-7-9-11(4,5)6/h10,12H,6-9H2,1-5H3;7-9H2,1-6H3. The third-order valence-electron chi connectivity index (χ3n) is 3.59. The Morgan fingerprint density at radius 1 is 0.750 bits per heavy atom. The van der Waals surface area contributed by atoms with Crippen molar-refractivity contribution in [3.8, 4) is 0 Å². The molecule has 1 N–H and O–H groups in total. The van der Waals surface area contributed by atoms with Gasteiger partial charge in [-0.05, 0) is 56.8 Å². The lowest BCUT2D eigenvalue weighted by Gasteiger charge is -2.22. The highest BCUT2D eigenvalue weighted by Crippen LogP contribution is 2.27. The van der Waals surface area contributed by atoms with E-state index in [4.69, 9.17) is 4.74 Å². The molecule has 0 fully saturated rings. The Bertz CT molecular complexity index is 262. The zero-order chi connectivity index (χ0) is 19.4. The van der Waals surface area contributed by atoms with Crippen molar-refractivity contribution >= 4 is 0 Å². The zero-order valence-electron chi connectivity index (χ0n) is 18.9. The Labute approximate surface area is 154 Å². The predicted octanol–water partition coefficient (Wildman–Crippen LogP) is 6.69. The van der Waals surface area contributed by atoms with Crippen molar-refractivity contribution in [3.05, 3.63) is 0 Å². The molecule has 0 heterocycles. The number of nitrogens with one attached hydrogen (secondary N) is 1. The van der Waals surface area contributed by atoms with Gasteiger partial charge in [0.05, 0.1) is 6.61 Å². The second-order valence-electron chi connectivity index (χ2n) is 10.9. The Hall–Kier alpha value is -0.0800. The van der Waals surface area contributed by atoms with E-state index in [0.29, 0.717) is 10.8 Å². The van der Waals surface area contributed by atoms with Crippen molar-refractivity contribution in [2.45, 2.75) is 107 Å². The molecule has 2 nitrogen and oxygen atoms in total. The maximum atomic E-state index is 5.48. The molecule has 0 spiro atoms. The van der Waals surface area contributed by atoms with E-state index in [2.05, 4.69) is 81.5 Å². The minimum atomic E-state index is 0.210. The molecule has 148 valence electrons. The Morgan fingerprint density at radius 2 is 1.21 bits per heavy atom. The largest absolute Gasteiger partial charge is 0.380 e. The van der Waals surface area contributed by atoms with Crippen LogP contribution in [0.15, 0.2) is 0 Å². The molecule has 0 radical (unpaired) electrons. The second-order valence-corrected chi connectivity index (χ2v) is 10.9. The van der Waals surface area contributed by atoms with Gasteiger partial charge in [0.15, 0.2) is 0 Å². The summed E-state index contributed by atoms with van der Waals surface area (Å²) in [5.41, 5.74) is 1.25. The molecular weight excluding hydrogens is 294 g/mol. The molecule has 0 aromatic rings. The highest BCUT2D eigenvalue weighted by molar-refractivity contribution is 4.69.